The third-order valence-corrected chi connectivity index (χ3v) is 6.94. The molecule has 0 aliphatic carbocycles. The van der Waals surface area contributed by atoms with Gasteiger partial charge >= 0.3 is 0 Å². The van der Waals surface area contributed by atoms with Gasteiger partial charge in [0.1, 0.15) is 12.2 Å². The predicted molar refractivity (Wildman–Crippen MR) is 154 cm³/mol. The summed E-state index contributed by atoms with van der Waals surface area (Å²) in [4.78, 5) is 12.2. The lowest BCUT2D eigenvalue weighted by Gasteiger charge is -2.27. The lowest BCUT2D eigenvalue weighted by atomic mass is 10.00. The zero-order valence-corrected chi connectivity index (χ0v) is 24.0. The van der Waals surface area contributed by atoms with Gasteiger partial charge in [-0.1, -0.05) is 122 Å². The van der Waals surface area contributed by atoms with E-state index in [1.807, 2.05) is 0 Å². The molecule has 0 aliphatic rings. The molecule has 0 aliphatic heterocycles. The van der Waals surface area contributed by atoms with E-state index >= 15 is 0 Å². The highest BCUT2D eigenvalue weighted by molar-refractivity contribution is 5.80. The maximum Gasteiger partial charge on any atom is 0.249 e. The predicted octanol–water partition coefficient (Wildman–Crippen LogP) is 6.11. The van der Waals surface area contributed by atoms with E-state index in [-0.39, 0.29) is 0 Å². The van der Waals surface area contributed by atoms with E-state index < -0.39 is 36.9 Å². The number of aliphatic hydroxyl groups excluding tert-OH is 4. The van der Waals surface area contributed by atoms with Crippen molar-refractivity contribution in [2.45, 2.75) is 160 Å². The number of nitrogens with one attached hydrogen (secondary N) is 1. The van der Waals surface area contributed by atoms with Crippen molar-refractivity contribution in [1.82, 2.24) is 5.32 Å². The van der Waals surface area contributed by atoms with Crippen LogP contribution in [0.2, 0.25) is 0 Å². The Labute approximate surface area is 227 Å². The van der Waals surface area contributed by atoms with Crippen molar-refractivity contribution >= 4 is 5.91 Å². The molecule has 37 heavy (non-hydrogen) atoms. The molecule has 0 saturated carbocycles. The zero-order valence-electron chi connectivity index (χ0n) is 24.0. The van der Waals surface area contributed by atoms with Crippen LogP contribution < -0.4 is 5.32 Å². The van der Waals surface area contributed by atoms with Gasteiger partial charge in [-0.2, -0.15) is 0 Å². The van der Waals surface area contributed by atoms with Gasteiger partial charge in [-0.15, -0.1) is 0 Å². The molecule has 4 unspecified atom stereocenters. The molecule has 0 heterocycles. The number of carbonyl (C=O) groups excluding carboxylic acids is 1. The van der Waals surface area contributed by atoms with Crippen LogP contribution in [0.4, 0.5) is 0 Å². The monoisotopic (exact) mass is 525 g/mol. The second-order valence-electron chi connectivity index (χ2n) is 10.5. The minimum absolute atomic E-state index is 0.362. The Morgan fingerprint density at radius 3 is 1.68 bits per heavy atom. The van der Waals surface area contributed by atoms with Gasteiger partial charge in [0.25, 0.3) is 0 Å². The summed E-state index contributed by atoms with van der Waals surface area (Å²) in [6.45, 7) is 3.80. The highest BCUT2D eigenvalue weighted by Crippen LogP contribution is 2.13. The van der Waals surface area contributed by atoms with Crippen LogP contribution in [0.15, 0.2) is 24.3 Å². The van der Waals surface area contributed by atoms with E-state index in [4.69, 9.17) is 0 Å². The molecule has 0 rings (SSSR count). The summed E-state index contributed by atoms with van der Waals surface area (Å²) >= 11 is 0. The van der Waals surface area contributed by atoms with E-state index in [2.05, 4.69) is 43.5 Å². The van der Waals surface area contributed by atoms with Crippen molar-refractivity contribution in [3.63, 3.8) is 0 Å². The third-order valence-electron chi connectivity index (χ3n) is 6.94. The summed E-state index contributed by atoms with van der Waals surface area (Å²) < 4.78 is 0. The number of hydrogen-bond acceptors (Lipinski definition) is 5. The lowest BCUT2D eigenvalue weighted by molar-refractivity contribution is -0.132. The maximum absolute atomic E-state index is 12.2. The van der Waals surface area contributed by atoms with Crippen molar-refractivity contribution in [2.24, 2.45) is 0 Å². The Morgan fingerprint density at radius 2 is 1.14 bits per heavy atom. The Balaban J connectivity index is 3.73. The van der Waals surface area contributed by atoms with Gasteiger partial charge in [0.2, 0.25) is 5.91 Å². The Morgan fingerprint density at radius 1 is 0.676 bits per heavy atom. The van der Waals surface area contributed by atoms with E-state index in [1.165, 1.54) is 64.2 Å². The van der Waals surface area contributed by atoms with E-state index in [1.54, 1.807) is 0 Å². The van der Waals surface area contributed by atoms with Gasteiger partial charge in [0, 0.05) is 0 Å². The molecule has 0 aromatic heterocycles. The van der Waals surface area contributed by atoms with E-state index in [0.29, 0.717) is 12.8 Å². The van der Waals surface area contributed by atoms with Gasteiger partial charge < -0.3 is 25.7 Å². The first-order chi connectivity index (χ1) is 18.0. The maximum atomic E-state index is 12.2. The summed E-state index contributed by atoms with van der Waals surface area (Å²) in [5, 5.41) is 42.5. The molecule has 0 fully saturated rings. The zero-order chi connectivity index (χ0) is 27.6. The molecule has 0 bridgehead atoms. The number of carbonyl (C=O) groups is 1. The molecule has 218 valence electrons. The molecule has 5 N–H and O–H groups in total. The van der Waals surface area contributed by atoms with Crippen LogP contribution in [0, 0.1) is 0 Å². The van der Waals surface area contributed by atoms with Gasteiger partial charge in [-0.3, -0.25) is 4.79 Å². The normalized spacial score (nSPS) is 15.3. The molecule has 1 amide bonds. The summed E-state index contributed by atoms with van der Waals surface area (Å²) in [5.74, 6) is -0.600. The first kappa shape index (κ1) is 35.8. The minimum Gasteiger partial charge on any atom is -0.394 e. The van der Waals surface area contributed by atoms with E-state index in [9.17, 15) is 25.2 Å². The first-order valence-electron chi connectivity index (χ1n) is 15.2. The summed E-state index contributed by atoms with van der Waals surface area (Å²) in [6.07, 6.45) is 25.6. The Hall–Kier alpha value is -1.21. The molecule has 0 saturated heterocycles. The fraction of sp³-hybridized carbons (Fsp3) is 0.839. The quantitative estimate of drug-likeness (QED) is 0.0691. The van der Waals surface area contributed by atoms with Gasteiger partial charge in [0.15, 0.2) is 0 Å². The van der Waals surface area contributed by atoms with E-state index in [0.717, 1.165) is 44.9 Å². The van der Waals surface area contributed by atoms with Crippen molar-refractivity contribution in [1.29, 1.82) is 0 Å². The Kier molecular flexibility index (Phi) is 25.5. The van der Waals surface area contributed by atoms with Crippen molar-refractivity contribution in [3.05, 3.63) is 24.3 Å². The summed E-state index contributed by atoms with van der Waals surface area (Å²) in [6, 6.07) is -0.980. The second-order valence-corrected chi connectivity index (χ2v) is 10.5. The number of amides is 1. The molecular weight excluding hydrogens is 466 g/mol. The average molecular weight is 526 g/mol. The van der Waals surface area contributed by atoms with Crippen molar-refractivity contribution in [3.8, 4) is 0 Å². The molecule has 4 atom stereocenters. The number of aliphatic hydroxyl groups is 4. The van der Waals surface area contributed by atoms with Crippen LogP contribution in [-0.2, 0) is 4.79 Å². The standard InChI is InChI=1S/C31H59NO5/c1-3-5-7-8-9-10-11-12-13-14-15-16-17-18-19-20-21-23-25-29(35)31(37)32-27(26-33)30(36)28(34)24-22-6-4-2/h9-12,27-30,33-36H,3-8,13-26H2,1-2H3,(H,32,37)/b10-9-,12-11-. The summed E-state index contributed by atoms with van der Waals surface area (Å²) in [7, 11) is 0. The third kappa shape index (κ3) is 21.4. The van der Waals surface area contributed by atoms with Gasteiger partial charge in [0.05, 0.1) is 18.8 Å². The molecule has 0 spiro atoms. The molecular formula is C31H59NO5. The van der Waals surface area contributed by atoms with Crippen molar-refractivity contribution < 1.29 is 25.2 Å². The highest BCUT2D eigenvalue weighted by atomic mass is 16.3. The smallest absolute Gasteiger partial charge is 0.249 e. The average Bonchev–Trinajstić information content (AvgIpc) is 2.90. The molecule has 6 nitrogen and oxygen atoms in total. The second kappa shape index (κ2) is 26.4. The van der Waals surface area contributed by atoms with Crippen LogP contribution in [-0.4, -0.2) is 57.3 Å². The van der Waals surface area contributed by atoms with Crippen molar-refractivity contribution in [2.75, 3.05) is 6.61 Å². The fourth-order valence-electron chi connectivity index (χ4n) is 4.39. The van der Waals surface area contributed by atoms with Crippen LogP contribution in [0.5, 0.6) is 0 Å². The van der Waals surface area contributed by atoms with Crippen LogP contribution in [0.1, 0.15) is 136 Å². The number of hydrogen-bond donors (Lipinski definition) is 5. The van der Waals surface area contributed by atoms with Crippen LogP contribution in [0.25, 0.3) is 0 Å². The highest BCUT2D eigenvalue weighted by Gasteiger charge is 2.28. The number of rotatable bonds is 26. The lowest BCUT2D eigenvalue weighted by Crippen LogP contribution is -2.53. The first-order valence-corrected chi connectivity index (χ1v) is 15.2. The molecule has 0 aromatic carbocycles. The topological polar surface area (TPSA) is 110 Å². The number of unbranched alkanes of at least 4 members (excludes halogenated alkanes) is 14. The van der Waals surface area contributed by atoms with Crippen LogP contribution >= 0.6 is 0 Å². The van der Waals surface area contributed by atoms with Gasteiger partial charge in [-0.25, -0.2) is 0 Å². The van der Waals surface area contributed by atoms with Crippen LogP contribution in [0.3, 0.4) is 0 Å². The molecule has 0 radical (unpaired) electrons. The fourth-order valence-corrected chi connectivity index (χ4v) is 4.39. The Bertz CT molecular complexity index is 566. The molecule has 0 aromatic rings. The molecule has 6 heteroatoms. The minimum atomic E-state index is -1.25. The summed E-state index contributed by atoms with van der Waals surface area (Å²) in [5.41, 5.74) is 0. The largest absolute Gasteiger partial charge is 0.394 e. The SMILES string of the molecule is CCCCC/C=C\C=C/CCCCCCCCCCCC(O)C(=O)NC(CO)C(O)C(O)CCCCC. The van der Waals surface area contributed by atoms with Gasteiger partial charge in [-0.05, 0) is 38.5 Å². The number of allylic oxidation sites excluding steroid dienone is 4.